The molecule has 0 aromatic carbocycles. The molecule has 12 N–H and O–H groups in total. The number of hydrogen-bond donors (Lipinski definition) is 11. The summed E-state index contributed by atoms with van der Waals surface area (Å²) in [4.78, 5) is 188. The summed E-state index contributed by atoms with van der Waals surface area (Å²) in [5.74, 6) is -0.0810. The minimum absolute atomic E-state index is 0.00646. The molecule has 7 fully saturated rings. The largest absolute Gasteiger partial charge is 0.472 e. The third-order valence-corrected chi connectivity index (χ3v) is 26.5. The van der Waals surface area contributed by atoms with Gasteiger partial charge in [0.15, 0.2) is 18.7 Å². The maximum Gasteiger partial charge on any atom is 0.472 e. The van der Waals surface area contributed by atoms with Crippen LogP contribution in [0.1, 0.15) is 85.6 Å². The molecule has 0 amide bonds. The Morgan fingerprint density at radius 3 is 1.45 bits per heavy atom. The molecule has 5 aromatic heterocycles. The van der Waals surface area contributed by atoms with Gasteiger partial charge in [-0.05, 0) is 83.9 Å². The molecule has 0 spiro atoms. The second kappa shape index (κ2) is 33.5. The number of phosphoric acid groups is 2. The molecule has 7 aliphatic rings. The predicted octanol–water partition coefficient (Wildman–Crippen LogP) is -2.34. The lowest BCUT2D eigenvalue weighted by atomic mass is 9.94. The Morgan fingerprint density at radius 1 is 0.513 bits per heavy atom. The minimum Gasteiger partial charge on any atom is -0.393 e. The fraction of sp³-hybridized carbons (Fsp3) is 0.655. The third kappa shape index (κ3) is 18.2. The number of nitrogens with two attached hydrogens (primary N) is 1. The highest BCUT2D eigenvalue weighted by Crippen LogP contribution is 2.62. The lowest BCUT2D eigenvalue weighted by Gasteiger charge is -2.37. The minimum atomic E-state index is -5.80. The first-order valence-corrected chi connectivity index (χ1v) is 44.9. The van der Waals surface area contributed by atoms with Gasteiger partial charge in [0, 0.05) is 85.9 Å². The van der Waals surface area contributed by atoms with Crippen LogP contribution in [-0.2, 0) is 132 Å². The van der Waals surface area contributed by atoms with Crippen molar-refractivity contribution in [1.82, 2.24) is 47.8 Å². The van der Waals surface area contributed by atoms with Crippen LogP contribution in [-0.4, -0.2) is 228 Å². The molecule has 55 heteroatoms. The average molecular weight is 1760 g/mol. The van der Waals surface area contributed by atoms with E-state index in [2.05, 4.69) is 24.9 Å². The van der Waals surface area contributed by atoms with E-state index in [1.54, 1.807) is 6.92 Å². The number of ether oxygens (including phenoxy) is 9. The maximum atomic E-state index is 14.9. The highest BCUT2D eigenvalue weighted by molar-refractivity contribution is 8.07. The summed E-state index contributed by atoms with van der Waals surface area (Å²) in [6.45, 7) is -9.06. The number of aliphatic hydroxyl groups excluding tert-OH is 1. The third-order valence-electron chi connectivity index (χ3n) is 19.8. The first-order valence-electron chi connectivity index (χ1n) is 34.1. The molecule has 12 rings (SSSR count). The maximum absolute atomic E-state index is 14.9. The van der Waals surface area contributed by atoms with E-state index in [0.29, 0.717) is 5.56 Å². The molecule has 25 atom stereocenters. The Bertz CT molecular complexity index is 5290. The number of aryl methyl sites for hydroxylation is 5. The molecule has 47 nitrogen and oxygen atoms in total. The number of phosphoric ester groups is 2. The van der Waals surface area contributed by atoms with Crippen molar-refractivity contribution in [2.75, 3.05) is 66.2 Å². The van der Waals surface area contributed by atoms with Crippen LogP contribution in [0, 0.1) is 34.6 Å². The van der Waals surface area contributed by atoms with Crippen LogP contribution in [0.5, 0.6) is 0 Å². The predicted molar refractivity (Wildman–Crippen MR) is 390 cm³/mol. The SMILES string of the molecule is COCCO[C@H]1C(OP(=O)(O)OC[C@H]2O[C@@H](n3cc(C)c(=O)[nH]c3=O)CC2OP(O)(=S)OC[C@H]2O[C@@H](n3cc(C)c(=O)[nH]c3=O)CC2OP(O)(=S)OC)[C@@H](COP(=O)(O)OC2[C@@H]3O[C@@H](C)[C@]2(COP(O)(=S)OC2[C@@H]4O[C@@H](C)[C@]2(CO)O[C@H]4n2cc(C)c(N)nc2=O)O[C@H]3n2cc(C)c(=O)[nH]c2=O)O[C@H]1n1cc(C)c(=O)[nH]c1=O. The number of rotatable bonds is 33. The Kier molecular flexibility index (Phi) is 25.9. The van der Waals surface area contributed by atoms with E-state index >= 15 is 0 Å². The zero-order valence-electron chi connectivity index (χ0n) is 60.8. The van der Waals surface area contributed by atoms with Gasteiger partial charge < -0.3 is 101 Å². The van der Waals surface area contributed by atoms with Gasteiger partial charge in [-0.1, -0.05) is 0 Å². The van der Waals surface area contributed by atoms with Crippen molar-refractivity contribution in [1.29, 1.82) is 0 Å². The van der Waals surface area contributed by atoms with Crippen molar-refractivity contribution >= 4 is 77.0 Å². The molecular weight excluding hydrogens is 1680 g/mol. The number of aromatic amines is 4. The summed E-state index contributed by atoms with van der Waals surface area (Å²) in [6, 6.07) is 0. The number of fused-ring (bicyclic) bond motifs is 4. The molecular formula is C58H80N11O36P5S3. The number of nitrogens with one attached hydrogen (secondary N) is 4. The van der Waals surface area contributed by atoms with E-state index < -0.39 is 254 Å². The molecule has 5 aromatic rings. The summed E-state index contributed by atoms with van der Waals surface area (Å²) >= 11 is 16.1. The summed E-state index contributed by atoms with van der Waals surface area (Å²) in [5, 5.41) is 10.9. The number of nitrogens with zero attached hydrogens (tertiary/aromatic N) is 6. The van der Waals surface area contributed by atoms with E-state index in [0.717, 1.165) is 48.5 Å². The molecule has 7 aliphatic heterocycles. The molecule has 7 saturated heterocycles. The summed E-state index contributed by atoms with van der Waals surface area (Å²) in [6.07, 6.45) is -22.8. The highest BCUT2D eigenvalue weighted by atomic mass is 32.5. The van der Waals surface area contributed by atoms with Crippen LogP contribution >= 0.6 is 35.8 Å². The summed E-state index contributed by atoms with van der Waals surface area (Å²) < 4.78 is 147. The fourth-order valence-corrected chi connectivity index (χ4v) is 19.7. The van der Waals surface area contributed by atoms with Gasteiger partial charge in [-0.25, -0.2) is 33.1 Å². The van der Waals surface area contributed by atoms with E-state index in [-0.39, 0.29) is 41.1 Å². The quantitative estimate of drug-likeness (QED) is 0.0155. The van der Waals surface area contributed by atoms with E-state index in [1.807, 2.05) is 0 Å². The van der Waals surface area contributed by atoms with Crippen molar-refractivity contribution in [2.24, 2.45) is 0 Å². The standard InChI is InChI=1S/C58H80N11O36P5S3/c1-24-14-68(52(75)60-44(24)59)50-40-42(57(22-70,99-50)29(6)94-40)105-110(86,113)93-23-58-30(7)95-41(51(100-58)69-18-28(5)48(74)64-56(69)79)43(58)104-107(82,83)91-21-35-38(39(89-11-10-87-8)49(98-35)67-17-27(4)47(73)63-55(67)78)103-106(80,81)90-19-33-32(13-37(96-33)66-16-26(3)46(72)62-54(66)77)102-109(85,112)92-20-34-31(101-108(84,111)88-9)12-36(97-34)65-15-25(2)45(71)61-53(65)76/h14-18,29-43,49-51,70H,10-13,19-23H2,1-9H3,(H,80,81)(H,82,83)(H,84,111)(H,85,112)(H,86,113)(H2,59,60,75)(H,61,71,76)(H,62,72,77)(H,63,73,78)(H,64,74,79)/t29-,30-,31?,32?,33+,34+,35+,36+,37+,38?,39-,40-,41-,42?,43?,49+,50+,51+,57-,58-,108?,109?,110?/m0/s1. The van der Waals surface area contributed by atoms with Crippen LogP contribution in [0.3, 0.4) is 0 Å². The number of aromatic nitrogens is 10. The van der Waals surface area contributed by atoms with Gasteiger partial charge in [-0.2, -0.15) is 4.98 Å². The average Bonchev–Trinajstić information content (AvgIpc) is 1.55. The monoisotopic (exact) mass is 1760 g/mol. The van der Waals surface area contributed by atoms with Crippen molar-refractivity contribution in [3.63, 3.8) is 0 Å². The number of methoxy groups -OCH3 is 1. The van der Waals surface area contributed by atoms with Gasteiger partial charge in [0.2, 0.25) is 0 Å². The van der Waals surface area contributed by atoms with Crippen molar-refractivity contribution in [3.05, 3.63) is 153 Å². The second-order valence-electron chi connectivity index (χ2n) is 27.2. The second-order valence-corrected chi connectivity index (χ2v) is 38.5. The molecule has 4 bridgehead atoms. The molecule has 10 unspecified atom stereocenters. The Balaban J connectivity index is 0.808. The topological polar surface area (TPSA) is 611 Å². The lowest BCUT2D eigenvalue weighted by Crippen LogP contribution is -2.51. The zero-order chi connectivity index (χ0) is 82.3. The molecule has 0 aliphatic carbocycles. The van der Waals surface area contributed by atoms with Gasteiger partial charge in [0.25, 0.3) is 22.2 Å². The van der Waals surface area contributed by atoms with Gasteiger partial charge in [0.1, 0.15) is 84.4 Å². The lowest BCUT2D eigenvalue weighted by molar-refractivity contribution is -0.219. The van der Waals surface area contributed by atoms with Gasteiger partial charge >= 0.3 is 64.2 Å². The Morgan fingerprint density at radius 2 is 0.938 bits per heavy atom. The highest BCUT2D eigenvalue weighted by Gasteiger charge is 2.71. The van der Waals surface area contributed by atoms with Crippen molar-refractivity contribution in [3.8, 4) is 0 Å². The summed E-state index contributed by atoms with van der Waals surface area (Å²) in [7, 11) is -9.23. The Labute approximate surface area is 650 Å². The number of aliphatic hydroxyl groups is 1. The fourth-order valence-electron chi connectivity index (χ4n) is 13.9. The van der Waals surface area contributed by atoms with Gasteiger partial charge in [-0.15, -0.1) is 0 Å². The zero-order valence-corrected chi connectivity index (χ0v) is 67.7. The number of hydrogen-bond acceptors (Lipinski definition) is 36. The van der Waals surface area contributed by atoms with Crippen molar-refractivity contribution < 1.29 is 127 Å². The molecule has 113 heavy (non-hydrogen) atoms. The molecule has 0 saturated carbocycles. The van der Waals surface area contributed by atoms with Crippen LogP contribution in [0.15, 0.2) is 74.1 Å². The van der Waals surface area contributed by atoms with E-state index in [1.165, 1.54) is 61.0 Å². The normalized spacial score (nSPS) is 33.3. The number of nitrogen functional groups attached to an aromatic ring is 1. The van der Waals surface area contributed by atoms with Crippen LogP contribution in [0.4, 0.5) is 5.82 Å². The van der Waals surface area contributed by atoms with E-state index in [9.17, 15) is 81.9 Å². The Hall–Kier alpha value is -5.19. The van der Waals surface area contributed by atoms with Gasteiger partial charge in [0.05, 0.1) is 70.7 Å². The molecule has 0 radical (unpaired) electrons. The molecule has 12 heterocycles. The smallest absolute Gasteiger partial charge is 0.393 e. The van der Waals surface area contributed by atoms with Crippen LogP contribution in [0.2, 0.25) is 0 Å². The number of anilines is 1. The first-order chi connectivity index (χ1) is 52.9. The van der Waals surface area contributed by atoms with Crippen LogP contribution in [0.25, 0.3) is 0 Å². The first kappa shape index (κ1) is 87.1. The number of H-pyrrole nitrogens is 4. The molecule has 626 valence electrons. The summed E-state index contributed by atoms with van der Waals surface area (Å²) in [5.41, 5.74) is -5.95. The van der Waals surface area contributed by atoms with Gasteiger partial charge in [-0.3, -0.25) is 84.6 Å². The van der Waals surface area contributed by atoms with E-state index in [4.69, 9.17) is 129 Å². The van der Waals surface area contributed by atoms with Crippen molar-refractivity contribution in [2.45, 2.75) is 183 Å². The van der Waals surface area contributed by atoms with Crippen LogP contribution < -0.4 is 56.4 Å².